The van der Waals surface area contributed by atoms with Gasteiger partial charge in [0.2, 0.25) is 0 Å². The summed E-state index contributed by atoms with van der Waals surface area (Å²) in [6.07, 6.45) is 1.77. The highest BCUT2D eigenvalue weighted by Crippen LogP contribution is 2.09. The monoisotopic (exact) mass is 447 g/mol. The molecule has 0 fully saturated rings. The third kappa shape index (κ3) is 5.02. The van der Waals surface area contributed by atoms with E-state index in [1.54, 1.807) is 42.9 Å². The normalized spacial score (nSPS) is 10.9. The molecule has 0 aliphatic rings. The number of carbonyl (C=O) groups excluding carboxylic acids is 2. The van der Waals surface area contributed by atoms with Crippen molar-refractivity contribution in [1.29, 1.82) is 0 Å². The van der Waals surface area contributed by atoms with Gasteiger partial charge < -0.3 is 14.6 Å². The van der Waals surface area contributed by atoms with Crippen LogP contribution in [0.1, 0.15) is 23.2 Å². The number of hydrogen-bond acceptors (Lipinski definition) is 6. The van der Waals surface area contributed by atoms with Gasteiger partial charge in [-0.25, -0.2) is 9.78 Å². The molecule has 0 saturated heterocycles. The minimum atomic E-state index is -0.487. The average Bonchev–Trinajstić information content (AvgIpc) is 3.13. The van der Waals surface area contributed by atoms with E-state index in [9.17, 15) is 19.2 Å². The van der Waals surface area contributed by atoms with Crippen LogP contribution in [0.3, 0.4) is 0 Å². The van der Waals surface area contributed by atoms with E-state index in [0.717, 1.165) is 4.57 Å². The highest BCUT2D eigenvalue weighted by molar-refractivity contribution is 6.30. The fraction of sp³-hybridized carbons (Fsp3) is 0.350. The van der Waals surface area contributed by atoms with Crippen LogP contribution in [0, 0.1) is 0 Å². The first-order chi connectivity index (χ1) is 14.8. The molecule has 164 valence electrons. The number of fused-ring (bicyclic) bond motifs is 1. The first-order valence-electron chi connectivity index (χ1n) is 9.60. The van der Waals surface area contributed by atoms with E-state index in [-0.39, 0.29) is 32.0 Å². The first-order valence-corrected chi connectivity index (χ1v) is 9.97. The summed E-state index contributed by atoms with van der Waals surface area (Å²) in [6, 6.07) is 6.39. The molecule has 0 atom stereocenters. The fourth-order valence-electron chi connectivity index (χ4n) is 3.06. The maximum absolute atomic E-state index is 12.6. The van der Waals surface area contributed by atoms with Gasteiger partial charge in [0.1, 0.15) is 0 Å². The topological polar surface area (TPSA) is 117 Å². The maximum atomic E-state index is 12.6. The second kappa shape index (κ2) is 9.61. The predicted octanol–water partition coefficient (Wildman–Crippen LogP) is 0.840. The first kappa shape index (κ1) is 22.3. The third-order valence-corrected chi connectivity index (χ3v) is 4.96. The number of aromatic nitrogens is 4. The lowest BCUT2D eigenvalue weighted by atomic mass is 10.2. The van der Waals surface area contributed by atoms with Gasteiger partial charge in [-0.2, -0.15) is 0 Å². The summed E-state index contributed by atoms with van der Waals surface area (Å²) in [5.74, 6) is -0.802. The van der Waals surface area contributed by atoms with E-state index >= 15 is 0 Å². The molecule has 1 N–H and O–H groups in total. The molecule has 0 radical (unpaired) electrons. The van der Waals surface area contributed by atoms with Crippen LogP contribution in [0.25, 0.3) is 11.2 Å². The minimum Gasteiger partial charge on any atom is -0.466 e. The molecule has 1 amide bonds. The molecule has 0 spiro atoms. The van der Waals surface area contributed by atoms with Crippen molar-refractivity contribution in [1.82, 2.24) is 24.0 Å². The van der Waals surface area contributed by atoms with E-state index in [1.165, 1.54) is 10.9 Å². The number of imidazole rings is 1. The third-order valence-electron chi connectivity index (χ3n) is 4.71. The van der Waals surface area contributed by atoms with Crippen LogP contribution in [0.2, 0.25) is 5.02 Å². The van der Waals surface area contributed by atoms with Crippen molar-refractivity contribution in [2.75, 3.05) is 13.2 Å². The van der Waals surface area contributed by atoms with Gasteiger partial charge in [0.05, 0.1) is 19.4 Å². The average molecular weight is 448 g/mol. The molecule has 10 nitrogen and oxygen atoms in total. The Hall–Kier alpha value is -3.40. The number of carbonyl (C=O) groups is 2. The highest BCUT2D eigenvalue weighted by Gasteiger charge is 2.15. The molecule has 0 aliphatic heterocycles. The van der Waals surface area contributed by atoms with Gasteiger partial charge in [-0.15, -0.1) is 0 Å². The Morgan fingerprint density at radius 1 is 1.16 bits per heavy atom. The quantitative estimate of drug-likeness (QED) is 0.404. The summed E-state index contributed by atoms with van der Waals surface area (Å²) in [5.41, 5.74) is 0.174. The van der Waals surface area contributed by atoms with Gasteiger partial charge >= 0.3 is 11.7 Å². The molecular weight excluding hydrogens is 426 g/mol. The van der Waals surface area contributed by atoms with E-state index in [2.05, 4.69) is 10.3 Å². The predicted molar refractivity (Wildman–Crippen MR) is 114 cm³/mol. The van der Waals surface area contributed by atoms with Crippen molar-refractivity contribution < 1.29 is 14.3 Å². The Morgan fingerprint density at radius 3 is 2.58 bits per heavy atom. The van der Waals surface area contributed by atoms with Gasteiger partial charge in [-0.3, -0.25) is 23.5 Å². The van der Waals surface area contributed by atoms with Crippen LogP contribution in [0.15, 0.2) is 40.2 Å². The second-order valence-electron chi connectivity index (χ2n) is 6.91. The van der Waals surface area contributed by atoms with Crippen molar-refractivity contribution in [3.63, 3.8) is 0 Å². The van der Waals surface area contributed by atoms with Crippen molar-refractivity contribution in [3.05, 3.63) is 62.0 Å². The number of hydrogen-bond donors (Lipinski definition) is 1. The fourth-order valence-corrected chi connectivity index (χ4v) is 3.18. The number of nitrogens with zero attached hydrogens (tertiary/aromatic N) is 4. The van der Waals surface area contributed by atoms with E-state index < -0.39 is 17.2 Å². The molecule has 0 unspecified atom stereocenters. The zero-order valence-electron chi connectivity index (χ0n) is 17.1. The molecule has 0 bridgehead atoms. The van der Waals surface area contributed by atoms with Crippen LogP contribution in [0.5, 0.6) is 0 Å². The molecule has 0 saturated carbocycles. The van der Waals surface area contributed by atoms with E-state index in [4.69, 9.17) is 16.3 Å². The number of amides is 1. The van der Waals surface area contributed by atoms with Crippen LogP contribution in [0.4, 0.5) is 0 Å². The van der Waals surface area contributed by atoms with Crippen LogP contribution >= 0.6 is 11.6 Å². The van der Waals surface area contributed by atoms with Gasteiger partial charge in [0.25, 0.3) is 11.5 Å². The Morgan fingerprint density at radius 2 is 1.87 bits per heavy atom. The SMILES string of the molecule is Cn1cnc2c1c(=O)n(CCCOC(=O)CCNC(=O)c1ccc(Cl)cc1)c(=O)n2C. The van der Waals surface area contributed by atoms with E-state index in [0.29, 0.717) is 28.2 Å². The summed E-state index contributed by atoms with van der Waals surface area (Å²) in [7, 11) is 3.23. The van der Waals surface area contributed by atoms with Gasteiger partial charge in [-0.05, 0) is 30.7 Å². The molecule has 3 rings (SSSR count). The smallest absolute Gasteiger partial charge is 0.332 e. The lowest BCUT2D eigenvalue weighted by Crippen LogP contribution is -2.39. The highest BCUT2D eigenvalue weighted by atomic mass is 35.5. The van der Waals surface area contributed by atoms with Crippen LogP contribution in [-0.4, -0.2) is 43.7 Å². The number of benzene rings is 1. The summed E-state index contributed by atoms with van der Waals surface area (Å²) in [6.45, 7) is 0.271. The lowest BCUT2D eigenvalue weighted by Gasteiger charge is -2.09. The molecule has 2 heterocycles. The molecule has 0 aliphatic carbocycles. The van der Waals surface area contributed by atoms with Crippen LogP contribution < -0.4 is 16.6 Å². The largest absolute Gasteiger partial charge is 0.466 e. The van der Waals surface area contributed by atoms with Gasteiger partial charge in [0, 0.05) is 37.8 Å². The van der Waals surface area contributed by atoms with Crippen LogP contribution in [-0.2, 0) is 30.2 Å². The van der Waals surface area contributed by atoms with Crippen molar-refractivity contribution in [3.8, 4) is 0 Å². The zero-order valence-corrected chi connectivity index (χ0v) is 17.9. The minimum absolute atomic E-state index is 0.00201. The standard InChI is InChI=1S/C20H22ClN5O5/c1-24-12-23-17-16(24)19(29)26(20(30)25(17)2)10-3-11-31-15(27)8-9-22-18(28)13-4-6-14(21)7-5-13/h4-7,12H,3,8-11H2,1-2H3,(H,22,28). The summed E-state index contributed by atoms with van der Waals surface area (Å²) in [5, 5.41) is 3.15. The maximum Gasteiger partial charge on any atom is 0.332 e. The van der Waals surface area contributed by atoms with Crippen molar-refractivity contribution >= 4 is 34.6 Å². The number of esters is 1. The second-order valence-corrected chi connectivity index (χ2v) is 7.35. The molecule has 31 heavy (non-hydrogen) atoms. The Labute approximate surface area is 182 Å². The number of aryl methyl sites for hydroxylation is 2. The summed E-state index contributed by atoms with van der Waals surface area (Å²) >= 11 is 5.78. The molecule has 3 aromatic rings. The van der Waals surface area contributed by atoms with Crippen molar-refractivity contribution in [2.24, 2.45) is 14.1 Å². The molecule has 2 aromatic heterocycles. The van der Waals surface area contributed by atoms with E-state index in [1.807, 2.05) is 0 Å². The number of nitrogens with one attached hydrogen (secondary N) is 1. The summed E-state index contributed by atoms with van der Waals surface area (Å²) in [4.78, 5) is 52.9. The molecular formula is C20H22ClN5O5. The Balaban J connectivity index is 1.46. The number of ether oxygens (including phenoxy) is 1. The Bertz CT molecular complexity index is 1230. The molecule has 11 heteroatoms. The summed E-state index contributed by atoms with van der Waals surface area (Å²) < 4.78 is 9.10. The van der Waals surface area contributed by atoms with Gasteiger partial charge in [-0.1, -0.05) is 11.6 Å². The number of halogens is 1. The zero-order chi connectivity index (χ0) is 22.5. The Kier molecular flexibility index (Phi) is 6.91. The van der Waals surface area contributed by atoms with Crippen molar-refractivity contribution in [2.45, 2.75) is 19.4 Å². The van der Waals surface area contributed by atoms with Gasteiger partial charge in [0.15, 0.2) is 11.2 Å². The number of rotatable bonds is 8. The molecule has 1 aromatic carbocycles. The lowest BCUT2D eigenvalue weighted by molar-refractivity contribution is -0.143.